The number of aliphatic hydroxyl groups is 1. The van der Waals surface area contributed by atoms with E-state index in [0.717, 1.165) is 31.4 Å². The average Bonchev–Trinajstić information content (AvgIpc) is 2.55. The van der Waals surface area contributed by atoms with Crippen molar-refractivity contribution in [3.05, 3.63) is 48.0 Å². The lowest BCUT2D eigenvalue weighted by Crippen LogP contribution is -2.16. The minimum absolute atomic E-state index is 0.0951. The molecule has 2 aromatic rings. The second-order valence-electron chi connectivity index (χ2n) is 6.32. The first kappa shape index (κ1) is 16.5. The van der Waals surface area contributed by atoms with Gasteiger partial charge in [0.2, 0.25) is 6.79 Å². The highest BCUT2D eigenvalue weighted by molar-refractivity contribution is 5.56. The van der Waals surface area contributed by atoms with Gasteiger partial charge >= 0.3 is 0 Å². The topological polar surface area (TPSA) is 90.7 Å². The van der Waals surface area contributed by atoms with Crippen LogP contribution in [-0.4, -0.2) is 18.0 Å². The number of aliphatic hydroxyl groups excluding tert-OH is 1. The lowest BCUT2D eigenvalue weighted by molar-refractivity contribution is 0.119. The first-order valence-corrected chi connectivity index (χ1v) is 8.30. The van der Waals surface area contributed by atoms with Crippen LogP contribution >= 0.6 is 0 Å². The highest BCUT2D eigenvalue weighted by Gasteiger charge is 2.20. The zero-order chi connectivity index (χ0) is 16.9. The largest absolute Gasteiger partial charge is 0.458 e. The summed E-state index contributed by atoms with van der Waals surface area (Å²) in [7, 11) is 0. The van der Waals surface area contributed by atoms with Gasteiger partial charge < -0.3 is 26.0 Å². The Labute approximate surface area is 142 Å². The van der Waals surface area contributed by atoms with Gasteiger partial charge in [-0.05, 0) is 55.4 Å². The molecule has 1 aliphatic carbocycles. The predicted octanol–water partition coefficient (Wildman–Crippen LogP) is 3.28. The molecule has 0 amide bonds. The van der Waals surface area contributed by atoms with Crippen LogP contribution in [0.2, 0.25) is 0 Å². The molecule has 0 bridgehead atoms. The number of ether oxygens (including phenoxy) is 2. The smallest absolute Gasteiger partial charge is 0.230 e. The summed E-state index contributed by atoms with van der Waals surface area (Å²) in [6, 6.07) is 13.2. The van der Waals surface area contributed by atoms with Gasteiger partial charge in [0.1, 0.15) is 11.5 Å². The molecule has 2 aromatic carbocycles. The average molecular weight is 328 g/mol. The summed E-state index contributed by atoms with van der Waals surface area (Å²) in [5.74, 6) is 1.88. The Balaban J connectivity index is 1.51. The van der Waals surface area contributed by atoms with Gasteiger partial charge in [0.25, 0.3) is 0 Å². The summed E-state index contributed by atoms with van der Waals surface area (Å²) in [5.41, 5.74) is 13.9. The van der Waals surface area contributed by atoms with E-state index in [2.05, 4.69) is 12.1 Å². The number of anilines is 2. The molecule has 128 valence electrons. The summed E-state index contributed by atoms with van der Waals surface area (Å²) in [6.45, 7) is 0.0951. The van der Waals surface area contributed by atoms with Gasteiger partial charge in [0.15, 0.2) is 0 Å². The Morgan fingerprint density at radius 2 is 1.42 bits per heavy atom. The van der Waals surface area contributed by atoms with Crippen LogP contribution in [0, 0.1) is 0 Å². The zero-order valence-corrected chi connectivity index (χ0v) is 13.7. The SMILES string of the molecule is Nc1cc(N)cc(OCOc2ccc(C3CCC(O)CC3)cc2)c1. The van der Waals surface area contributed by atoms with E-state index in [9.17, 15) is 5.11 Å². The maximum atomic E-state index is 9.59. The monoisotopic (exact) mass is 328 g/mol. The zero-order valence-electron chi connectivity index (χ0n) is 13.7. The third-order valence-corrected chi connectivity index (χ3v) is 4.45. The fraction of sp³-hybridized carbons (Fsp3) is 0.368. The van der Waals surface area contributed by atoms with E-state index >= 15 is 0 Å². The van der Waals surface area contributed by atoms with Crippen LogP contribution in [0.5, 0.6) is 11.5 Å². The molecule has 1 saturated carbocycles. The minimum Gasteiger partial charge on any atom is -0.458 e. The van der Waals surface area contributed by atoms with E-state index in [0.29, 0.717) is 23.0 Å². The van der Waals surface area contributed by atoms with Crippen molar-refractivity contribution in [1.82, 2.24) is 0 Å². The van der Waals surface area contributed by atoms with Crippen molar-refractivity contribution in [2.75, 3.05) is 18.3 Å². The van der Waals surface area contributed by atoms with Gasteiger partial charge in [0.05, 0.1) is 6.10 Å². The standard InChI is InChI=1S/C19H24N2O3/c20-15-9-16(21)11-19(10-15)24-12-23-18-7-3-14(4-8-18)13-1-5-17(22)6-2-13/h3-4,7-11,13,17,22H,1-2,5-6,12,20-21H2. The molecule has 3 rings (SSSR count). The molecule has 0 heterocycles. The molecule has 5 heteroatoms. The molecule has 5 N–H and O–H groups in total. The number of benzene rings is 2. The Morgan fingerprint density at radius 1 is 0.833 bits per heavy atom. The molecule has 0 radical (unpaired) electrons. The number of hydrogen-bond donors (Lipinski definition) is 3. The first-order valence-electron chi connectivity index (χ1n) is 8.30. The van der Waals surface area contributed by atoms with Crippen molar-refractivity contribution in [2.45, 2.75) is 37.7 Å². The van der Waals surface area contributed by atoms with Gasteiger partial charge in [0, 0.05) is 23.5 Å². The van der Waals surface area contributed by atoms with Gasteiger partial charge in [-0.2, -0.15) is 0 Å². The molecule has 1 fully saturated rings. The molecule has 0 aliphatic heterocycles. The van der Waals surface area contributed by atoms with Gasteiger partial charge in [-0.1, -0.05) is 12.1 Å². The Kier molecular flexibility index (Phi) is 5.11. The minimum atomic E-state index is -0.123. The predicted molar refractivity (Wildman–Crippen MR) is 95.0 cm³/mol. The summed E-state index contributed by atoms with van der Waals surface area (Å²) < 4.78 is 11.1. The summed E-state index contributed by atoms with van der Waals surface area (Å²) in [5, 5.41) is 9.59. The highest BCUT2D eigenvalue weighted by Crippen LogP contribution is 2.33. The van der Waals surface area contributed by atoms with Crippen LogP contribution in [0.3, 0.4) is 0 Å². The van der Waals surface area contributed by atoms with Crippen LogP contribution in [-0.2, 0) is 0 Å². The molecule has 0 atom stereocenters. The maximum Gasteiger partial charge on any atom is 0.230 e. The van der Waals surface area contributed by atoms with Gasteiger partial charge in [-0.25, -0.2) is 0 Å². The molecular weight excluding hydrogens is 304 g/mol. The molecule has 0 spiro atoms. The Hall–Kier alpha value is -2.40. The molecule has 0 aromatic heterocycles. The number of rotatable bonds is 5. The third kappa shape index (κ3) is 4.32. The fourth-order valence-electron chi connectivity index (χ4n) is 3.14. The van der Waals surface area contributed by atoms with Crippen LogP contribution < -0.4 is 20.9 Å². The van der Waals surface area contributed by atoms with E-state index in [1.807, 2.05) is 12.1 Å². The first-order chi connectivity index (χ1) is 11.6. The Morgan fingerprint density at radius 3 is 2.04 bits per heavy atom. The molecule has 1 aliphatic rings. The van der Waals surface area contributed by atoms with Crippen molar-refractivity contribution in [1.29, 1.82) is 0 Å². The molecule has 0 unspecified atom stereocenters. The lowest BCUT2D eigenvalue weighted by atomic mass is 9.83. The lowest BCUT2D eigenvalue weighted by Gasteiger charge is -2.25. The van der Waals surface area contributed by atoms with Crippen LogP contribution in [0.15, 0.2) is 42.5 Å². The highest BCUT2D eigenvalue weighted by atomic mass is 16.7. The number of nitrogens with two attached hydrogens (primary N) is 2. The molecule has 5 nitrogen and oxygen atoms in total. The van der Waals surface area contributed by atoms with E-state index in [-0.39, 0.29) is 12.9 Å². The second-order valence-corrected chi connectivity index (χ2v) is 6.32. The van der Waals surface area contributed by atoms with E-state index in [4.69, 9.17) is 20.9 Å². The van der Waals surface area contributed by atoms with E-state index in [1.165, 1.54) is 5.56 Å². The van der Waals surface area contributed by atoms with Crippen molar-refractivity contribution < 1.29 is 14.6 Å². The summed E-state index contributed by atoms with van der Waals surface area (Å²) >= 11 is 0. The normalized spacial score (nSPS) is 20.5. The quantitative estimate of drug-likeness (QED) is 0.579. The van der Waals surface area contributed by atoms with E-state index in [1.54, 1.807) is 18.2 Å². The molecule has 0 saturated heterocycles. The van der Waals surface area contributed by atoms with E-state index < -0.39 is 0 Å². The van der Waals surface area contributed by atoms with Crippen LogP contribution in [0.25, 0.3) is 0 Å². The van der Waals surface area contributed by atoms with Crippen molar-refractivity contribution >= 4 is 11.4 Å². The van der Waals surface area contributed by atoms with Crippen LogP contribution in [0.1, 0.15) is 37.2 Å². The van der Waals surface area contributed by atoms with Crippen molar-refractivity contribution in [3.63, 3.8) is 0 Å². The third-order valence-electron chi connectivity index (χ3n) is 4.45. The molecular formula is C19H24N2O3. The summed E-state index contributed by atoms with van der Waals surface area (Å²) in [4.78, 5) is 0. The summed E-state index contributed by atoms with van der Waals surface area (Å²) in [6.07, 6.45) is 3.74. The fourth-order valence-corrected chi connectivity index (χ4v) is 3.14. The second kappa shape index (κ2) is 7.45. The maximum absolute atomic E-state index is 9.59. The Bertz CT molecular complexity index is 645. The van der Waals surface area contributed by atoms with Crippen molar-refractivity contribution in [3.8, 4) is 11.5 Å². The molecule has 24 heavy (non-hydrogen) atoms. The number of nitrogen functional groups attached to an aromatic ring is 2. The van der Waals surface area contributed by atoms with Crippen molar-refractivity contribution in [2.24, 2.45) is 0 Å². The van der Waals surface area contributed by atoms with Crippen LogP contribution in [0.4, 0.5) is 11.4 Å². The van der Waals surface area contributed by atoms with Gasteiger partial charge in [-0.15, -0.1) is 0 Å². The number of hydrogen-bond acceptors (Lipinski definition) is 5. The van der Waals surface area contributed by atoms with Gasteiger partial charge in [-0.3, -0.25) is 0 Å².